The predicted molar refractivity (Wildman–Crippen MR) is 84.0 cm³/mol. The number of carbonyl (C=O) groups excluding carboxylic acids is 1. The summed E-state index contributed by atoms with van der Waals surface area (Å²) in [5.74, 6) is -1.81. The second-order valence-electron chi connectivity index (χ2n) is 5.02. The molecule has 0 aromatic heterocycles. The molecule has 0 aliphatic heterocycles. The van der Waals surface area contributed by atoms with Gasteiger partial charge in [0.15, 0.2) is 0 Å². The number of carbonyl (C=O) groups is 1. The van der Waals surface area contributed by atoms with Crippen molar-refractivity contribution in [1.82, 2.24) is 0 Å². The number of benzene rings is 1. The van der Waals surface area contributed by atoms with Gasteiger partial charge >= 0.3 is 0 Å². The zero-order valence-corrected chi connectivity index (χ0v) is 13.0. The molecule has 0 spiro atoms. The summed E-state index contributed by atoms with van der Waals surface area (Å²) in [6.45, 7) is 3.83. The Morgan fingerprint density at radius 1 is 1.29 bits per heavy atom. The molecule has 1 aromatic rings. The highest BCUT2D eigenvalue weighted by Crippen LogP contribution is 2.32. The van der Waals surface area contributed by atoms with Crippen LogP contribution in [0.15, 0.2) is 18.2 Å². The van der Waals surface area contributed by atoms with Crippen LogP contribution in [0.25, 0.3) is 0 Å². The van der Waals surface area contributed by atoms with E-state index in [-0.39, 0.29) is 10.7 Å². The van der Waals surface area contributed by atoms with Crippen LogP contribution >= 0.6 is 12.2 Å². The van der Waals surface area contributed by atoms with E-state index in [1.165, 1.54) is 0 Å². The van der Waals surface area contributed by atoms with E-state index in [1.54, 1.807) is 0 Å². The van der Waals surface area contributed by atoms with E-state index in [1.807, 2.05) is 13.8 Å². The van der Waals surface area contributed by atoms with E-state index in [9.17, 15) is 13.6 Å². The maximum absolute atomic E-state index is 13.6. The zero-order chi connectivity index (χ0) is 16.0. The summed E-state index contributed by atoms with van der Waals surface area (Å²) in [7, 11) is 0. The Labute approximate surface area is 128 Å². The van der Waals surface area contributed by atoms with Crippen molar-refractivity contribution in [3.63, 3.8) is 0 Å². The number of hydrogen-bond acceptors (Lipinski definition) is 2. The largest absolute Gasteiger partial charge is 0.392 e. The van der Waals surface area contributed by atoms with E-state index >= 15 is 0 Å². The maximum atomic E-state index is 13.6. The fourth-order valence-electron chi connectivity index (χ4n) is 2.40. The first kappa shape index (κ1) is 17.5. The van der Waals surface area contributed by atoms with Crippen LogP contribution in [0.5, 0.6) is 0 Å². The zero-order valence-electron chi connectivity index (χ0n) is 12.2. The number of nitrogens with one attached hydrogen (secondary N) is 1. The van der Waals surface area contributed by atoms with Gasteiger partial charge in [-0.2, -0.15) is 0 Å². The molecule has 0 heterocycles. The molecule has 0 atom stereocenters. The van der Waals surface area contributed by atoms with Crippen LogP contribution in [0, 0.1) is 17.0 Å². The number of nitrogens with two attached hydrogens (primary N) is 1. The first-order chi connectivity index (χ1) is 9.87. The van der Waals surface area contributed by atoms with Gasteiger partial charge in [-0.3, -0.25) is 4.79 Å². The minimum atomic E-state index is -1.03. The van der Waals surface area contributed by atoms with Gasteiger partial charge in [0.05, 0.1) is 16.1 Å². The van der Waals surface area contributed by atoms with Crippen molar-refractivity contribution in [3.8, 4) is 0 Å². The van der Waals surface area contributed by atoms with E-state index in [0.717, 1.165) is 18.2 Å². The fourth-order valence-corrected chi connectivity index (χ4v) is 2.70. The van der Waals surface area contributed by atoms with Gasteiger partial charge in [0.1, 0.15) is 11.6 Å². The fraction of sp³-hybridized carbons (Fsp3) is 0.467. The van der Waals surface area contributed by atoms with Gasteiger partial charge in [-0.1, -0.05) is 38.9 Å². The molecule has 0 saturated carbocycles. The Morgan fingerprint density at radius 2 is 1.86 bits per heavy atom. The summed E-state index contributed by atoms with van der Waals surface area (Å²) in [6.07, 6.45) is 2.35. The quantitative estimate of drug-likeness (QED) is 0.753. The Morgan fingerprint density at radius 3 is 2.33 bits per heavy atom. The standard InChI is InChI=1S/C15H20F2N2OS/c1-3-7-15(8-4-2,13(18)21)14(20)19-12-9-10(16)5-6-11(12)17/h5-6,9H,3-4,7-8H2,1-2H3,(H2,18,21)(H,19,20). The summed E-state index contributed by atoms with van der Waals surface area (Å²) in [5, 5.41) is 2.42. The van der Waals surface area contributed by atoms with E-state index in [2.05, 4.69) is 5.32 Å². The Kier molecular flexibility index (Phi) is 6.20. The van der Waals surface area contributed by atoms with E-state index in [4.69, 9.17) is 18.0 Å². The minimum Gasteiger partial charge on any atom is -0.392 e. The normalized spacial score (nSPS) is 11.2. The van der Waals surface area contributed by atoms with Crippen LogP contribution in [0.2, 0.25) is 0 Å². The maximum Gasteiger partial charge on any atom is 0.237 e. The molecule has 3 nitrogen and oxygen atoms in total. The number of rotatable bonds is 7. The number of hydrogen-bond donors (Lipinski definition) is 2. The number of thiocarbonyl (C=S) groups is 1. The highest BCUT2D eigenvalue weighted by molar-refractivity contribution is 7.80. The molecular weight excluding hydrogens is 294 g/mol. The highest BCUT2D eigenvalue weighted by Gasteiger charge is 2.40. The second kappa shape index (κ2) is 7.45. The molecule has 0 unspecified atom stereocenters. The Bertz CT molecular complexity index is 528. The van der Waals surface area contributed by atoms with Gasteiger partial charge in [0, 0.05) is 6.07 Å². The van der Waals surface area contributed by atoms with Gasteiger partial charge in [0.2, 0.25) is 5.91 Å². The lowest BCUT2D eigenvalue weighted by atomic mass is 9.78. The molecule has 0 aliphatic carbocycles. The molecule has 0 aliphatic rings. The van der Waals surface area contributed by atoms with E-state index in [0.29, 0.717) is 25.7 Å². The topological polar surface area (TPSA) is 55.1 Å². The molecule has 1 amide bonds. The average molecular weight is 314 g/mol. The molecular formula is C15H20F2N2OS. The van der Waals surface area contributed by atoms with Crippen molar-refractivity contribution in [3.05, 3.63) is 29.8 Å². The van der Waals surface area contributed by atoms with Crippen molar-refractivity contribution < 1.29 is 13.6 Å². The predicted octanol–water partition coefficient (Wildman–Crippen LogP) is 3.78. The summed E-state index contributed by atoms with van der Waals surface area (Å²) in [5.41, 5.74) is 4.54. The highest BCUT2D eigenvalue weighted by atomic mass is 32.1. The van der Waals surface area contributed by atoms with Gasteiger partial charge < -0.3 is 11.1 Å². The van der Waals surface area contributed by atoms with E-state index < -0.39 is 23.0 Å². The van der Waals surface area contributed by atoms with Crippen molar-refractivity contribution >= 4 is 28.8 Å². The van der Waals surface area contributed by atoms with Crippen LogP contribution in [0.4, 0.5) is 14.5 Å². The first-order valence-corrected chi connectivity index (χ1v) is 7.34. The van der Waals surface area contributed by atoms with Gasteiger partial charge in [-0.05, 0) is 25.0 Å². The Balaban J connectivity index is 3.11. The summed E-state index contributed by atoms with van der Waals surface area (Å²) in [6, 6.07) is 2.90. The van der Waals surface area contributed by atoms with Crippen LogP contribution in [0.3, 0.4) is 0 Å². The molecule has 1 aromatic carbocycles. The van der Waals surface area contributed by atoms with Gasteiger partial charge in [-0.25, -0.2) is 8.78 Å². The molecule has 0 radical (unpaired) electrons. The van der Waals surface area contributed by atoms with Gasteiger partial charge in [-0.15, -0.1) is 0 Å². The lowest BCUT2D eigenvalue weighted by molar-refractivity contribution is -0.122. The van der Waals surface area contributed by atoms with Crippen molar-refractivity contribution in [2.24, 2.45) is 11.1 Å². The molecule has 0 saturated heterocycles. The lowest BCUT2D eigenvalue weighted by Crippen LogP contribution is -2.46. The summed E-state index contributed by atoms with van der Waals surface area (Å²) >= 11 is 5.06. The third-order valence-corrected chi connectivity index (χ3v) is 3.83. The average Bonchev–Trinajstić information content (AvgIpc) is 2.42. The molecule has 6 heteroatoms. The summed E-state index contributed by atoms with van der Waals surface area (Å²) < 4.78 is 26.8. The number of halogens is 2. The van der Waals surface area contributed by atoms with Crippen LogP contribution in [0.1, 0.15) is 39.5 Å². The smallest absolute Gasteiger partial charge is 0.237 e. The van der Waals surface area contributed by atoms with Crippen LogP contribution in [-0.4, -0.2) is 10.9 Å². The van der Waals surface area contributed by atoms with Crippen LogP contribution in [-0.2, 0) is 4.79 Å². The summed E-state index contributed by atoms with van der Waals surface area (Å²) in [4.78, 5) is 12.6. The molecule has 0 bridgehead atoms. The molecule has 116 valence electrons. The third kappa shape index (κ3) is 3.97. The molecule has 1 rings (SSSR count). The van der Waals surface area contributed by atoms with Crippen molar-refractivity contribution in [2.45, 2.75) is 39.5 Å². The van der Waals surface area contributed by atoms with Gasteiger partial charge in [0.25, 0.3) is 0 Å². The Hall–Kier alpha value is -1.56. The first-order valence-electron chi connectivity index (χ1n) is 6.93. The van der Waals surface area contributed by atoms with Crippen molar-refractivity contribution in [1.29, 1.82) is 0 Å². The molecule has 0 fully saturated rings. The van der Waals surface area contributed by atoms with Crippen LogP contribution < -0.4 is 11.1 Å². The third-order valence-electron chi connectivity index (χ3n) is 3.44. The van der Waals surface area contributed by atoms with Crippen molar-refractivity contribution in [2.75, 3.05) is 5.32 Å². The number of amides is 1. The minimum absolute atomic E-state index is 0.0838. The monoisotopic (exact) mass is 314 g/mol. The molecule has 3 N–H and O–H groups in total. The molecule has 21 heavy (non-hydrogen) atoms. The second-order valence-corrected chi connectivity index (χ2v) is 5.46. The SMILES string of the molecule is CCCC(CCC)(C(=O)Nc1cc(F)ccc1F)C(N)=S. The lowest BCUT2D eigenvalue weighted by Gasteiger charge is -2.31. The number of anilines is 1.